The summed E-state index contributed by atoms with van der Waals surface area (Å²) in [6.07, 6.45) is 3.10. The third-order valence-electron chi connectivity index (χ3n) is 3.15. The van der Waals surface area contributed by atoms with Crippen molar-refractivity contribution in [3.8, 4) is 0 Å². The molecule has 92 valence electrons. The van der Waals surface area contributed by atoms with Gasteiger partial charge in [0.05, 0.1) is 0 Å². The molecule has 2 rings (SSSR count). The van der Waals surface area contributed by atoms with Gasteiger partial charge in [0.25, 0.3) is 0 Å². The Morgan fingerprint density at radius 3 is 2.53 bits per heavy atom. The fraction of sp³-hybridized carbons (Fsp3) is 0.462. The molecule has 1 saturated carbocycles. The van der Waals surface area contributed by atoms with Crippen molar-refractivity contribution < 1.29 is 9.90 Å². The van der Waals surface area contributed by atoms with Crippen LogP contribution in [0, 0.1) is 5.41 Å². The number of hydrogen-bond acceptors (Lipinski definition) is 2. The second kappa shape index (κ2) is 5.02. The van der Waals surface area contributed by atoms with Crippen molar-refractivity contribution in [3.05, 3.63) is 28.7 Å². The molecule has 1 N–H and O–H groups in total. The first kappa shape index (κ1) is 13.0. The third kappa shape index (κ3) is 3.75. The average molecular weight is 315 g/mol. The van der Waals surface area contributed by atoms with Crippen molar-refractivity contribution in [1.29, 1.82) is 0 Å². The van der Waals surface area contributed by atoms with Gasteiger partial charge in [-0.3, -0.25) is 4.79 Å². The average Bonchev–Trinajstić information content (AvgIpc) is 2.99. The van der Waals surface area contributed by atoms with Crippen LogP contribution in [0.1, 0.15) is 26.2 Å². The van der Waals surface area contributed by atoms with E-state index in [1.165, 1.54) is 11.8 Å². The van der Waals surface area contributed by atoms with E-state index in [4.69, 9.17) is 0 Å². The van der Waals surface area contributed by atoms with Gasteiger partial charge < -0.3 is 5.11 Å². The van der Waals surface area contributed by atoms with E-state index in [9.17, 15) is 9.90 Å². The zero-order valence-electron chi connectivity index (χ0n) is 9.65. The molecule has 0 amide bonds. The summed E-state index contributed by atoms with van der Waals surface area (Å²) >= 11 is 4.83. The summed E-state index contributed by atoms with van der Waals surface area (Å²) < 4.78 is 1.02. The van der Waals surface area contributed by atoms with Gasteiger partial charge in [-0.1, -0.05) is 22.9 Å². The van der Waals surface area contributed by atoms with Crippen molar-refractivity contribution in [2.75, 3.05) is 0 Å². The lowest BCUT2D eigenvalue weighted by Crippen LogP contribution is -2.19. The normalized spacial score (nSPS) is 18.7. The maximum Gasteiger partial charge on any atom is 0.317 e. The van der Waals surface area contributed by atoms with Gasteiger partial charge in [-0.25, -0.2) is 0 Å². The Labute approximate surface area is 114 Å². The van der Waals surface area contributed by atoms with E-state index in [-0.39, 0.29) is 10.7 Å². The predicted molar refractivity (Wildman–Crippen MR) is 73.4 cm³/mol. The fourth-order valence-electron chi connectivity index (χ4n) is 1.72. The van der Waals surface area contributed by atoms with Gasteiger partial charge in [-0.2, -0.15) is 0 Å². The van der Waals surface area contributed by atoms with Crippen molar-refractivity contribution in [3.63, 3.8) is 0 Å². The highest BCUT2D eigenvalue weighted by Crippen LogP contribution is 2.51. The molecule has 1 unspecified atom stereocenters. The number of hydrogen-bond donors (Lipinski definition) is 1. The van der Waals surface area contributed by atoms with E-state index < -0.39 is 5.97 Å². The lowest BCUT2D eigenvalue weighted by atomic mass is 10.0. The van der Waals surface area contributed by atoms with Gasteiger partial charge in [0.15, 0.2) is 0 Å². The molecule has 1 atom stereocenters. The van der Waals surface area contributed by atoms with Gasteiger partial charge in [-0.15, -0.1) is 11.8 Å². The van der Waals surface area contributed by atoms with Gasteiger partial charge in [0, 0.05) is 9.37 Å². The molecular formula is C13H15BrO2S. The molecule has 0 spiro atoms. The molecule has 0 aliphatic heterocycles. The predicted octanol–water partition coefficient (Wildman–Crippen LogP) is 4.18. The van der Waals surface area contributed by atoms with Crippen molar-refractivity contribution in [2.45, 2.75) is 36.3 Å². The summed E-state index contributed by atoms with van der Waals surface area (Å²) in [5.74, 6) is -0.703. The maximum atomic E-state index is 11.2. The van der Waals surface area contributed by atoms with E-state index in [1.54, 1.807) is 0 Å². The minimum atomic E-state index is -0.703. The summed E-state index contributed by atoms with van der Waals surface area (Å²) in [5.41, 5.74) is 0.269. The number of rotatable bonds is 5. The molecular weight excluding hydrogens is 300 g/mol. The fourth-order valence-corrected chi connectivity index (χ4v) is 3.19. The van der Waals surface area contributed by atoms with E-state index in [0.29, 0.717) is 0 Å². The van der Waals surface area contributed by atoms with Gasteiger partial charge in [0.1, 0.15) is 5.25 Å². The lowest BCUT2D eigenvalue weighted by Gasteiger charge is -2.16. The molecule has 1 aromatic rings. The number of carbonyl (C=O) groups is 1. The Kier molecular flexibility index (Phi) is 3.83. The number of benzene rings is 1. The summed E-state index contributed by atoms with van der Waals surface area (Å²) in [6.45, 7) is 2.17. The molecule has 0 saturated heterocycles. The molecule has 0 heterocycles. The topological polar surface area (TPSA) is 37.3 Å². The van der Waals surface area contributed by atoms with E-state index in [1.807, 2.05) is 24.3 Å². The van der Waals surface area contributed by atoms with Crippen LogP contribution in [0.3, 0.4) is 0 Å². The molecule has 1 aliphatic carbocycles. The minimum Gasteiger partial charge on any atom is -0.480 e. The quantitative estimate of drug-likeness (QED) is 0.828. The van der Waals surface area contributed by atoms with Crippen LogP contribution in [-0.2, 0) is 4.79 Å². The van der Waals surface area contributed by atoms with Gasteiger partial charge in [-0.05, 0) is 48.9 Å². The van der Waals surface area contributed by atoms with Crippen LogP contribution in [0.2, 0.25) is 0 Å². The third-order valence-corrected chi connectivity index (χ3v) is 4.87. The molecule has 0 bridgehead atoms. The molecule has 2 nitrogen and oxygen atoms in total. The first-order chi connectivity index (χ1) is 7.98. The summed E-state index contributed by atoms with van der Waals surface area (Å²) in [4.78, 5) is 12.3. The zero-order valence-corrected chi connectivity index (χ0v) is 12.1. The number of carboxylic acids is 1. The van der Waals surface area contributed by atoms with Crippen molar-refractivity contribution >= 4 is 33.7 Å². The summed E-state index contributed by atoms with van der Waals surface area (Å²) in [7, 11) is 0. The van der Waals surface area contributed by atoms with Crippen LogP contribution in [-0.4, -0.2) is 16.3 Å². The summed E-state index contributed by atoms with van der Waals surface area (Å²) in [6, 6.07) is 7.81. The second-order valence-electron chi connectivity index (χ2n) is 4.91. The van der Waals surface area contributed by atoms with E-state index in [2.05, 4.69) is 22.9 Å². The number of halogens is 1. The molecule has 1 fully saturated rings. The molecule has 1 aromatic carbocycles. The second-order valence-corrected chi connectivity index (χ2v) is 7.11. The van der Waals surface area contributed by atoms with E-state index in [0.717, 1.165) is 28.6 Å². The highest BCUT2D eigenvalue weighted by atomic mass is 79.9. The van der Waals surface area contributed by atoms with Crippen LogP contribution in [0.15, 0.2) is 33.6 Å². The molecule has 17 heavy (non-hydrogen) atoms. The molecule has 0 radical (unpaired) electrons. The largest absolute Gasteiger partial charge is 0.480 e. The smallest absolute Gasteiger partial charge is 0.317 e. The number of carboxylic acid groups (broad SMARTS) is 1. The minimum absolute atomic E-state index is 0.269. The van der Waals surface area contributed by atoms with Crippen LogP contribution < -0.4 is 0 Å². The van der Waals surface area contributed by atoms with E-state index >= 15 is 0 Å². The summed E-state index contributed by atoms with van der Waals surface area (Å²) in [5, 5.41) is 8.92. The zero-order chi connectivity index (χ0) is 12.5. The Hall–Kier alpha value is -0.480. The van der Waals surface area contributed by atoms with Crippen LogP contribution in [0.5, 0.6) is 0 Å². The van der Waals surface area contributed by atoms with Crippen molar-refractivity contribution in [2.24, 2.45) is 5.41 Å². The SMILES string of the molecule is CC1(CC(Sc2ccc(Br)cc2)C(=O)O)CC1. The molecule has 0 aromatic heterocycles. The number of thioether (sulfide) groups is 1. The number of aliphatic carboxylic acids is 1. The standard InChI is InChI=1S/C13H15BrO2S/c1-13(6-7-13)8-11(12(15)16)17-10-4-2-9(14)3-5-10/h2-5,11H,6-8H2,1H3,(H,15,16). The Morgan fingerprint density at radius 1 is 1.47 bits per heavy atom. The monoisotopic (exact) mass is 314 g/mol. The molecule has 4 heteroatoms. The Balaban J connectivity index is 2.02. The van der Waals surface area contributed by atoms with Crippen LogP contribution >= 0.6 is 27.7 Å². The Bertz CT molecular complexity index is 412. The first-order valence-corrected chi connectivity index (χ1v) is 7.31. The van der Waals surface area contributed by atoms with Crippen molar-refractivity contribution in [1.82, 2.24) is 0 Å². The van der Waals surface area contributed by atoms with Crippen LogP contribution in [0.25, 0.3) is 0 Å². The first-order valence-electron chi connectivity index (χ1n) is 5.64. The lowest BCUT2D eigenvalue weighted by molar-refractivity contribution is -0.136. The van der Waals surface area contributed by atoms with Gasteiger partial charge in [0.2, 0.25) is 0 Å². The Morgan fingerprint density at radius 2 is 2.06 bits per heavy atom. The van der Waals surface area contributed by atoms with Crippen LogP contribution in [0.4, 0.5) is 0 Å². The highest BCUT2D eigenvalue weighted by Gasteiger charge is 2.41. The molecule has 1 aliphatic rings. The van der Waals surface area contributed by atoms with Gasteiger partial charge >= 0.3 is 5.97 Å². The highest BCUT2D eigenvalue weighted by molar-refractivity contribution is 9.10. The maximum absolute atomic E-state index is 11.2.